The van der Waals surface area contributed by atoms with Gasteiger partial charge >= 0.3 is 0 Å². The summed E-state index contributed by atoms with van der Waals surface area (Å²) in [6.45, 7) is 4.08. The largest absolute Gasteiger partial charge is 0.493 e. The second-order valence-corrected chi connectivity index (χ2v) is 11.6. The van der Waals surface area contributed by atoms with E-state index >= 15 is 4.39 Å². The molecule has 2 N–H and O–H groups in total. The zero-order valence-corrected chi connectivity index (χ0v) is 27.1. The Morgan fingerprint density at radius 3 is 2.58 bits per heavy atom. The van der Waals surface area contributed by atoms with Crippen molar-refractivity contribution in [1.82, 2.24) is 19.9 Å². The summed E-state index contributed by atoms with van der Waals surface area (Å²) >= 11 is 1.44. The first-order valence-electron chi connectivity index (χ1n) is 15.2. The van der Waals surface area contributed by atoms with Crippen molar-refractivity contribution in [2.75, 3.05) is 32.2 Å². The molecule has 4 aromatic heterocycles. The number of fused-ring (bicyclic) bond motifs is 1. The zero-order chi connectivity index (χ0) is 33.5. The lowest BCUT2D eigenvalue weighted by Crippen LogP contribution is -2.29. The van der Waals surface area contributed by atoms with Crippen molar-refractivity contribution < 1.29 is 23.4 Å². The van der Waals surface area contributed by atoms with Gasteiger partial charge in [-0.2, -0.15) is 0 Å². The molecule has 0 unspecified atom stereocenters. The number of amides is 1. The number of nitrogens with one attached hydrogen (secondary N) is 2. The Balaban J connectivity index is 1.19. The molecule has 48 heavy (non-hydrogen) atoms. The fourth-order valence-corrected chi connectivity index (χ4v) is 6.01. The number of carbonyl (C=O) groups is 1. The maximum atomic E-state index is 15.4. The molecule has 6 aromatic rings. The average Bonchev–Trinajstić information content (AvgIpc) is 3.54. The highest BCUT2D eigenvalue weighted by Crippen LogP contribution is 2.39. The van der Waals surface area contributed by atoms with Crippen LogP contribution in [0.1, 0.15) is 22.8 Å². The molecule has 0 spiro atoms. The van der Waals surface area contributed by atoms with Crippen LogP contribution in [0.15, 0.2) is 102 Å². The maximum Gasteiger partial charge on any atom is 0.271 e. The molecular formula is C36H32FN5O5S. The number of aromatic nitrogens is 3. The van der Waals surface area contributed by atoms with Gasteiger partial charge < -0.3 is 24.8 Å². The number of para-hydroxylation sites is 1. The van der Waals surface area contributed by atoms with Crippen LogP contribution in [-0.2, 0) is 11.3 Å². The highest BCUT2D eigenvalue weighted by atomic mass is 32.1. The van der Waals surface area contributed by atoms with Crippen LogP contribution >= 0.6 is 11.3 Å². The molecule has 0 aliphatic carbocycles. The highest BCUT2D eigenvalue weighted by Gasteiger charge is 2.21. The van der Waals surface area contributed by atoms with Crippen molar-refractivity contribution in [2.45, 2.75) is 13.5 Å². The van der Waals surface area contributed by atoms with Crippen LogP contribution in [0.3, 0.4) is 0 Å². The second-order valence-electron chi connectivity index (χ2n) is 10.6. The van der Waals surface area contributed by atoms with Gasteiger partial charge in [0.15, 0.2) is 11.6 Å². The Kier molecular flexibility index (Phi) is 10.1. The number of halogens is 1. The van der Waals surface area contributed by atoms with Gasteiger partial charge in [-0.1, -0.05) is 24.3 Å². The number of nitrogens with zero attached hydrogens (tertiary/aromatic N) is 3. The lowest BCUT2D eigenvalue weighted by molar-refractivity contribution is 0.102. The van der Waals surface area contributed by atoms with E-state index < -0.39 is 17.3 Å². The topological polar surface area (TPSA) is 117 Å². The lowest BCUT2D eigenvalue weighted by Gasteiger charge is -2.14. The van der Waals surface area contributed by atoms with Crippen LogP contribution in [0.2, 0.25) is 0 Å². The van der Waals surface area contributed by atoms with Gasteiger partial charge in [0.1, 0.15) is 17.1 Å². The number of anilines is 1. The van der Waals surface area contributed by atoms with Gasteiger partial charge in [0.2, 0.25) is 0 Å². The Morgan fingerprint density at radius 2 is 1.83 bits per heavy atom. The standard InChI is InChI=1S/C36H32FN5O5S/c1-3-46-30-14-17-42(25-7-5-4-6-8-25)36(44)33(30)35(43)41-24-10-12-29(26(37)19-24)47-31-13-15-39-28-20-32(48-34(28)31)27-11-9-23(22-40-27)21-38-16-18-45-2/h4-15,17,19-20,22,38H,3,16,18,21H2,1-2H3,(H,41,43). The van der Waals surface area contributed by atoms with Crippen LogP contribution in [0.5, 0.6) is 17.2 Å². The van der Waals surface area contributed by atoms with E-state index in [9.17, 15) is 9.59 Å². The first-order chi connectivity index (χ1) is 23.4. The number of hydrogen-bond donors (Lipinski definition) is 2. The van der Waals surface area contributed by atoms with Crippen molar-refractivity contribution in [2.24, 2.45) is 0 Å². The van der Waals surface area contributed by atoms with Crippen molar-refractivity contribution >= 4 is 33.1 Å². The van der Waals surface area contributed by atoms with E-state index in [0.717, 1.165) is 33.4 Å². The Bertz CT molecular complexity index is 2100. The van der Waals surface area contributed by atoms with Crippen molar-refractivity contribution in [1.29, 1.82) is 0 Å². The van der Waals surface area contributed by atoms with E-state index in [1.165, 1.54) is 28.0 Å². The van der Waals surface area contributed by atoms with Gasteiger partial charge in [-0.3, -0.25) is 24.1 Å². The normalized spacial score (nSPS) is 11.1. The van der Waals surface area contributed by atoms with E-state index in [-0.39, 0.29) is 29.4 Å². The highest BCUT2D eigenvalue weighted by molar-refractivity contribution is 7.22. The van der Waals surface area contributed by atoms with E-state index in [2.05, 4.69) is 20.6 Å². The zero-order valence-electron chi connectivity index (χ0n) is 26.2. The molecule has 0 aliphatic heterocycles. The summed E-state index contributed by atoms with van der Waals surface area (Å²) in [5, 5.41) is 5.92. The van der Waals surface area contributed by atoms with Crippen molar-refractivity contribution in [3.8, 4) is 33.5 Å². The van der Waals surface area contributed by atoms with E-state index in [0.29, 0.717) is 30.1 Å². The number of ether oxygens (including phenoxy) is 3. The van der Waals surface area contributed by atoms with Gasteiger partial charge in [-0.15, -0.1) is 11.3 Å². The molecule has 0 aliphatic rings. The molecular weight excluding hydrogens is 633 g/mol. The molecule has 244 valence electrons. The summed E-state index contributed by atoms with van der Waals surface area (Å²) in [6, 6.07) is 22.1. The van der Waals surface area contributed by atoms with Crippen molar-refractivity contribution in [3.05, 3.63) is 125 Å². The summed E-state index contributed by atoms with van der Waals surface area (Å²) in [6.07, 6.45) is 4.98. The molecule has 6 rings (SSSR count). The lowest BCUT2D eigenvalue weighted by atomic mass is 10.2. The third kappa shape index (κ3) is 7.26. The first-order valence-corrected chi connectivity index (χ1v) is 16.0. The Labute approximate surface area is 279 Å². The molecule has 2 aromatic carbocycles. The molecule has 10 nitrogen and oxygen atoms in total. The third-order valence-electron chi connectivity index (χ3n) is 7.29. The molecule has 0 fully saturated rings. The molecule has 0 radical (unpaired) electrons. The molecule has 12 heteroatoms. The molecule has 4 heterocycles. The Hall–Kier alpha value is -5.43. The number of methoxy groups -OCH3 is 1. The first kappa shape index (κ1) is 32.5. The van der Waals surface area contributed by atoms with Crippen LogP contribution in [0.4, 0.5) is 10.1 Å². The average molecular weight is 666 g/mol. The molecule has 0 saturated carbocycles. The van der Waals surface area contributed by atoms with Gasteiger partial charge in [-0.05, 0) is 55.0 Å². The van der Waals surface area contributed by atoms with Crippen LogP contribution in [-0.4, -0.2) is 47.3 Å². The van der Waals surface area contributed by atoms with E-state index in [1.54, 1.807) is 62.8 Å². The van der Waals surface area contributed by atoms with Crippen LogP contribution in [0, 0.1) is 5.82 Å². The minimum atomic E-state index is -0.729. The fourth-order valence-electron chi connectivity index (χ4n) is 4.97. The predicted octanol–water partition coefficient (Wildman–Crippen LogP) is 6.83. The maximum absolute atomic E-state index is 15.4. The predicted molar refractivity (Wildman–Crippen MR) is 184 cm³/mol. The van der Waals surface area contributed by atoms with Gasteiger partial charge in [0.25, 0.3) is 11.5 Å². The smallest absolute Gasteiger partial charge is 0.271 e. The van der Waals surface area contributed by atoms with E-state index in [1.807, 2.05) is 30.5 Å². The van der Waals surface area contributed by atoms with Gasteiger partial charge in [0, 0.05) is 62.3 Å². The summed E-state index contributed by atoms with van der Waals surface area (Å²) in [5.74, 6) is -0.915. The number of rotatable bonds is 13. The fraction of sp³-hybridized carbons (Fsp3) is 0.167. The summed E-state index contributed by atoms with van der Waals surface area (Å²) in [4.78, 5) is 36.8. The van der Waals surface area contributed by atoms with Gasteiger partial charge in [-0.25, -0.2) is 4.39 Å². The number of pyridine rings is 3. The number of thiophene rings is 1. The summed E-state index contributed by atoms with van der Waals surface area (Å²) in [7, 11) is 1.67. The third-order valence-corrected chi connectivity index (χ3v) is 8.45. The molecule has 0 saturated heterocycles. The van der Waals surface area contributed by atoms with Crippen molar-refractivity contribution in [3.63, 3.8) is 0 Å². The monoisotopic (exact) mass is 665 g/mol. The molecule has 0 atom stereocenters. The number of benzene rings is 2. The molecule has 0 bridgehead atoms. The quantitative estimate of drug-likeness (QED) is 0.129. The minimum Gasteiger partial charge on any atom is -0.493 e. The molecule has 1 amide bonds. The second kappa shape index (κ2) is 15.0. The van der Waals surface area contributed by atoms with Crippen LogP contribution in [0.25, 0.3) is 26.5 Å². The number of carbonyl (C=O) groups excluding carboxylic acids is 1. The van der Waals surface area contributed by atoms with Gasteiger partial charge in [0.05, 0.1) is 34.0 Å². The number of hydrogen-bond acceptors (Lipinski definition) is 9. The summed E-state index contributed by atoms with van der Waals surface area (Å²) < 4.78 is 34.1. The SMILES string of the molecule is CCOc1ccn(-c2ccccc2)c(=O)c1C(=O)Nc1ccc(Oc2ccnc3cc(-c4ccc(CNCCOC)cn4)sc23)c(F)c1. The Morgan fingerprint density at radius 1 is 0.979 bits per heavy atom. The van der Waals surface area contributed by atoms with E-state index in [4.69, 9.17) is 14.2 Å². The van der Waals surface area contributed by atoms with Crippen LogP contribution < -0.4 is 25.7 Å². The minimum absolute atomic E-state index is 0.0416. The summed E-state index contributed by atoms with van der Waals surface area (Å²) in [5.41, 5.74) is 2.50.